The quantitative estimate of drug-likeness (QED) is 0.147. The van der Waals surface area contributed by atoms with Crippen molar-refractivity contribution in [1.29, 1.82) is 0 Å². The molecule has 0 saturated heterocycles. The second-order valence-corrected chi connectivity index (χ2v) is 18.7. The molecule has 1 spiro atoms. The lowest BCUT2D eigenvalue weighted by Crippen LogP contribution is -2.44. The first-order valence-electron chi connectivity index (χ1n) is 24.3. The lowest BCUT2D eigenvalue weighted by atomic mass is 9.51. The molecule has 326 valence electrons. The highest BCUT2D eigenvalue weighted by Gasteiger charge is 2.56. The van der Waals surface area contributed by atoms with Crippen LogP contribution in [0, 0.1) is 0 Å². The molecule has 0 heterocycles. The fraction of sp³-hybridized carbons (Fsp3) is 0.0588. The molecule has 69 heavy (non-hydrogen) atoms. The van der Waals surface area contributed by atoms with Gasteiger partial charge in [-0.2, -0.15) is 0 Å². The molecule has 0 N–H and O–H groups in total. The summed E-state index contributed by atoms with van der Waals surface area (Å²) < 4.78 is 0. The molecule has 0 aliphatic heterocycles. The maximum atomic E-state index is 2.45. The van der Waals surface area contributed by atoms with E-state index in [9.17, 15) is 0 Å². The highest BCUT2D eigenvalue weighted by molar-refractivity contribution is 5.92. The zero-order chi connectivity index (χ0) is 45.8. The predicted octanol–water partition coefficient (Wildman–Crippen LogP) is 17.1. The van der Waals surface area contributed by atoms with Gasteiger partial charge in [-0.3, -0.25) is 0 Å². The van der Waals surface area contributed by atoms with E-state index in [4.69, 9.17) is 0 Å². The third kappa shape index (κ3) is 6.38. The predicted molar refractivity (Wildman–Crippen MR) is 287 cm³/mol. The van der Waals surface area contributed by atoms with Gasteiger partial charge in [-0.05, 0) is 132 Å². The molecule has 1 atom stereocenters. The van der Waals surface area contributed by atoms with Crippen LogP contribution in [-0.2, 0) is 10.8 Å². The summed E-state index contributed by atoms with van der Waals surface area (Å²) in [4.78, 5) is 2.35. The molecule has 3 aliphatic carbocycles. The number of nitrogens with zero attached hydrogens (tertiary/aromatic N) is 1. The first-order valence-corrected chi connectivity index (χ1v) is 24.3. The Morgan fingerprint density at radius 1 is 0.319 bits per heavy atom. The molecular weight excluding hydrogens is 831 g/mol. The Bertz CT molecular complexity index is 3460. The average Bonchev–Trinajstić information content (AvgIpc) is 3.73. The number of hydrogen-bond acceptors (Lipinski definition) is 1. The van der Waals surface area contributed by atoms with Crippen molar-refractivity contribution in [1.82, 2.24) is 0 Å². The van der Waals surface area contributed by atoms with Gasteiger partial charge in [0.25, 0.3) is 0 Å². The maximum Gasteiger partial charge on any atom is 0.0720 e. The summed E-state index contributed by atoms with van der Waals surface area (Å²) in [6, 6.07) is 95.1. The summed E-state index contributed by atoms with van der Waals surface area (Å²) >= 11 is 0. The Morgan fingerprint density at radius 3 is 1.28 bits per heavy atom. The lowest BCUT2D eigenvalue weighted by Gasteiger charge is -2.50. The van der Waals surface area contributed by atoms with Crippen molar-refractivity contribution in [2.45, 2.75) is 23.2 Å². The van der Waals surface area contributed by atoms with Gasteiger partial charge < -0.3 is 4.90 Å². The van der Waals surface area contributed by atoms with Crippen molar-refractivity contribution >= 4 is 17.1 Å². The van der Waals surface area contributed by atoms with Crippen molar-refractivity contribution in [2.24, 2.45) is 0 Å². The number of hydrogen-bond donors (Lipinski definition) is 0. The normalized spacial score (nSPS) is 15.4. The fourth-order valence-electron chi connectivity index (χ4n) is 12.2. The third-order valence-electron chi connectivity index (χ3n) is 15.2. The molecule has 0 saturated carbocycles. The second-order valence-electron chi connectivity index (χ2n) is 18.7. The van der Waals surface area contributed by atoms with Gasteiger partial charge in [0.05, 0.1) is 10.8 Å². The fourth-order valence-corrected chi connectivity index (χ4v) is 12.2. The van der Waals surface area contributed by atoms with Crippen LogP contribution in [0.1, 0.15) is 62.4 Å². The van der Waals surface area contributed by atoms with Gasteiger partial charge in [0.15, 0.2) is 0 Å². The summed E-state index contributed by atoms with van der Waals surface area (Å²) in [6.07, 6.45) is 9.90. The van der Waals surface area contributed by atoms with E-state index < -0.39 is 10.8 Å². The molecule has 10 aromatic rings. The van der Waals surface area contributed by atoms with Gasteiger partial charge in [-0.1, -0.05) is 237 Å². The van der Waals surface area contributed by atoms with E-state index in [2.05, 4.69) is 284 Å². The number of rotatable bonds is 8. The zero-order valence-corrected chi connectivity index (χ0v) is 38.3. The molecule has 0 fully saturated rings. The van der Waals surface area contributed by atoms with Crippen LogP contribution in [-0.4, -0.2) is 0 Å². The minimum Gasteiger partial charge on any atom is -0.311 e. The summed E-state index contributed by atoms with van der Waals surface area (Å²) in [5.74, 6) is 0.448. The van der Waals surface area contributed by atoms with Crippen LogP contribution in [0.4, 0.5) is 17.1 Å². The van der Waals surface area contributed by atoms with E-state index in [1.165, 1.54) is 83.5 Å². The van der Waals surface area contributed by atoms with Crippen LogP contribution >= 0.6 is 0 Å². The van der Waals surface area contributed by atoms with Crippen LogP contribution in [0.25, 0.3) is 33.4 Å². The molecule has 13 rings (SSSR count). The van der Waals surface area contributed by atoms with Gasteiger partial charge in [-0.15, -0.1) is 0 Å². The molecule has 0 amide bonds. The van der Waals surface area contributed by atoms with Crippen LogP contribution in [0.5, 0.6) is 0 Å². The average molecular weight is 880 g/mol. The van der Waals surface area contributed by atoms with Crippen molar-refractivity contribution in [2.75, 3.05) is 4.90 Å². The minimum atomic E-state index is -0.521. The summed E-state index contributed by atoms with van der Waals surface area (Å²) in [7, 11) is 0. The summed E-state index contributed by atoms with van der Waals surface area (Å²) in [5, 5.41) is 0. The molecule has 0 bridgehead atoms. The Kier molecular flexibility index (Phi) is 9.84. The maximum absolute atomic E-state index is 2.45. The van der Waals surface area contributed by atoms with E-state index >= 15 is 0 Å². The third-order valence-corrected chi connectivity index (χ3v) is 15.2. The molecule has 0 radical (unpaired) electrons. The molecule has 1 nitrogen and oxygen atoms in total. The number of allylic oxidation sites excluding steroid dienone is 4. The van der Waals surface area contributed by atoms with Crippen LogP contribution in [0.2, 0.25) is 0 Å². The van der Waals surface area contributed by atoms with Crippen LogP contribution in [0.3, 0.4) is 0 Å². The van der Waals surface area contributed by atoms with Crippen molar-refractivity contribution in [3.05, 3.63) is 329 Å². The number of para-hydroxylation sites is 1. The first-order chi connectivity index (χ1) is 34.2. The topological polar surface area (TPSA) is 3.24 Å². The van der Waals surface area contributed by atoms with Crippen molar-refractivity contribution in [3.8, 4) is 33.4 Å². The standard InChI is InChI=1S/C68H49N/c1-5-19-48(20-6-1)49-33-35-50(36-34-49)51-37-42-57(43-38-51)69(56-25-11-4-12-26-56)58-44-39-52(40-45-58)53-41-46-62-60(47-53)59-27-13-14-28-61(59)68(62)65-31-17-15-29-63(65)67(54-21-7-2-8-22-54,55-23-9-3-10-24-55)64-30-16-18-32-66(64)68/h1-19,21-48H,20H2. The zero-order valence-electron chi connectivity index (χ0n) is 38.3. The van der Waals surface area contributed by atoms with E-state index in [0.29, 0.717) is 5.92 Å². The van der Waals surface area contributed by atoms with Crippen molar-refractivity contribution < 1.29 is 0 Å². The Morgan fingerprint density at radius 2 is 0.739 bits per heavy atom. The Hall–Kier alpha value is -8.52. The number of anilines is 3. The molecule has 1 unspecified atom stereocenters. The number of benzene rings is 10. The van der Waals surface area contributed by atoms with Gasteiger partial charge in [0.2, 0.25) is 0 Å². The molecule has 10 aromatic carbocycles. The highest BCUT2D eigenvalue weighted by Crippen LogP contribution is 2.64. The van der Waals surface area contributed by atoms with Gasteiger partial charge >= 0.3 is 0 Å². The second kappa shape index (κ2) is 16.7. The Balaban J connectivity index is 0.897. The first kappa shape index (κ1) is 40.7. The molecular formula is C68H49N. The monoisotopic (exact) mass is 879 g/mol. The van der Waals surface area contributed by atoms with E-state index in [-0.39, 0.29) is 0 Å². The van der Waals surface area contributed by atoms with Crippen LogP contribution in [0.15, 0.2) is 279 Å². The van der Waals surface area contributed by atoms with E-state index in [1.807, 2.05) is 0 Å². The Labute approximate surface area is 405 Å². The summed E-state index contributed by atoms with van der Waals surface area (Å²) in [5.41, 5.74) is 21.5. The smallest absolute Gasteiger partial charge is 0.0720 e. The van der Waals surface area contributed by atoms with E-state index in [1.54, 1.807) is 0 Å². The minimum absolute atomic E-state index is 0.448. The van der Waals surface area contributed by atoms with Gasteiger partial charge in [-0.25, -0.2) is 0 Å². The highest BCUT2D eigenvalue weighted by atomic mass is 15.1. The van der Waals surface area contributed by atoms with Crippen LogP contribution < -0.4 is 4.90 Å². The molecule has 1 heteroatoms. The van der Waals surface area contributed by atoms with E-state index in [0.717, 1.165) is 23.5 Å². The SMILES string of the molecule is C1=CCC(c2ccc(-c3ccc(N(c4ccccc4)c4ccc(-c5ccc6c(c5)-c5ccccc5C65c6ccccc6C(c6ccccc6)(c6ccccc6)c6ccccc65)cc4)cc3)cc2)C=C1. The largest absolute Gasteiger partial charge is 0.311 e. The van der Waals surface area contributed by atoms with Crippen molar-refractivity contribution in [3.63, 3.8) is 0 Å². The molecule has 3 aliphatic rings. The lowest BCUT2D eigenvalue weighted by molar-refractivity contribution is 0.623. The molecule has 0 aromatic heterocycles. The number of fused-ring (bicyclic) bond motifs is 9. The van der Waals surface area contributed by atoms with Gasteiger partial charge in [0, 0.05) is 23.0 Å². The van der Waals surface area contributed by atoms with Gasteiger partial charge in [0.1, 0.15) is 0 Å². The summed E-state index contributed by atoms with van der Waals surface area (Å²) in [6.45, 7) is 0.